The van der Waals surface area contributed by atoms with Crippen molar-refractivity contribution in [2.24, 2.45) is 0 Å². The molecule has 17 heavy (non-hydrogen) atoms. The molecule has 1 aliphatic carbocycles. The first kappa shape index (κ1) is 12.2. The Hall–Kier alpha value is -1.26. The molecule has 1 saturated heterocycles. The molecule has 5 nitrogen and oxygen atoms in total. The summed E-state index contributed by atoms with van der Waals surface area (Å²) < 4.78 is 0. The predicted octanol–water partition coefficient (Wildman–Crippen LogP) is 1.58. The summed E-state index contributed by atoms with van der Waals surface area (Å²) in [6.45, 7) is 4.18. The molecule has 5 heteroatoms. The molecule has 2 amide bonds. The van der Waals surface area contributed by atoms with E-state index in [1.165, 1.54) is 4.90 Å². The van der Waals surface area contributed by atoms with Gasteiger partial charge in [0.2, 0.25) is 0 Å². The maximum Gasteiger partial charge on any atom is 0.329 e. The molecule has 2 aliphatic rings. The zero-order chi connectivity index (χ0) is 12.7. The van der Waals surface area contributed by atoms with Crippen LogP contribution in [-0.4, -0.2) is 39.6 Å². The van der Waals surface area contributed by atoms with E-state index in [0.717, 1.165) is 25.7 Å². The lowest BCUT2D eigenvalue weighted by Gasteiger charge is -2.42. The number of hydrogen-bond donors (Lipinski definition) is 2. The molecule has 2 N–H and O–H groups in total. The summed E-state index contributed by atoms with van der Waals surface area (Å²) in [4.78, 5) is 24.9. The first-order valence-electron chi connectivity index (χ1n) is 6.21. The number of hydrogen-bond acceptors (Lipinski definition) is 2. The molecular formula is C12H20N2O3. The highest BCUT2D eigenvalue weighted by atomic mass is 16.4. The van der Waals surface area contributed by atoms with Crippen molar-refractivity contribution in [3.63, 3.8) is 0 Å². The van der Waals surface area contributed by atoms with Gasteiger partial charge in [0, 0.05) is 12.1 Å². The summed E-state index contributed by atoms with van der Waals surface area (Å²) in [7, 11) is 0. The summed E-state index contributed by atoms with van der Waals surface area (Å²) in [5.74, 6) is -0.913. The van der Waals surface area contributed by atoms with Crippen molar-refractivity contribution < 1.29 is 14.7 Å². The molecule has 1 unspecified atom stereocenters. The average molecular weight is 240 g/mol. The fourth-order valence-corrected chi connectivity index (χ4v) is 2.67. The van der Waals surface area contributed by atoms with Crippen LogP contribution in [0.1, 0.15) is 46.0 Å². The van der Waals surface area contributed by atoms with Crippen molar-refractivity contribution in [3.8, 4) is 0 Å². The van der Waals surface area contributed by atoms with Gasteiger partial charge in [0.15, 0.2) is 0 Å². The second-order valence-electron chi connectivity index (χ2n) is 5.68. The van der Waals surface area contributed by atoms with Crippen LogP contribution in [-0.2, 0) is 4.79 Å². The average Bonchev–Trinajstić information content (AvgIpc) is 2.59. The smallest absolute Gasteiger partial charge is 0.329 e. The molecule has 0 aromatic carbocycles. The van der Waals surface area contributed by atoms with Crippen molar-refractivity contribution in [3.05, 3.63) is 0 Å². The van der Waals surface area contributed by atoms with Crippen molar-refractivity contribution in [1.82, 2.24) is 10.2 Å². The summed E-state index contributed by atoms with van der Waals surface area (Å²) in [6.07, 6.45) is 4.39. The molecule has 0 aromatic rings. The van der Waals surface area contributed by atoms with Gasteiger partial charge in [-0.25, -0.2) is 9.59 Å². The Balaban J connectivity index is 2.06. The van der Waals surface area contributed by atoms with Gasteiger partial charge in [0.1, 0.15) is 5.54 Å². The topological polar surface area (TPSA) is 69.6 Å². The van der Waals surface area contributed by atoms with Gasteiger partial charge in [-0.05, 0) is 46.0 Å². The van der Waals surface area contributed by atoms with E-state index in [2.05, 4.69) is 5.32 Å². The highest BCUT2D eigenvalue weighted by molar-refractivity contribution is 5.87. The third-order valence-electron chi connectivity index (χ3n) is 4.21. The molecule has 1 saturated carbocycles. The number of likely N-dealkylation sites (tertiary alicyclic amines) is 1. The SMILES string of the molecule is CC1(NC(=O)N2CCCC2(C)C(=O)O)CCC1. The molecule has 0 bridgehead atoms. The van der Waals surface area contributed by atoms with E-state index in [9.17, 15) is 14.7 Å². The van der Waals surface area contributed by atoms with E-state index in [1.54, 1.807) is 6.92 Å². The number of carboxylic acid groups (broad SMARTS) is 1. The Morgan fingerprint density at radius 1 is 1.18 bits per heavy atom. The van der Waals surface area contributed by atoms with Crippen LogP contribution in [0.3, 0.4) is 0 Å². The van der Waals surface area contributed by atoms with Gasteiger partial charge < -0.3 is 15.3 Å². The summed E-state index contributed by atoms with van der Waals surface area (Å²) in [6, 6.07) is -0.227. The molecule has 0 aromatic heterocycles. The van der Waals surface area contributed by atoms with Gasteiger partial charge in [0.25, 0.3) is 0 Å². The third kappa shape index (κ3) is 1.98. The maximum atomic E-state index is 12.1. The van der Waals surface area contributed by atoms with Gasteiger partial charge in [0.05, 0.1) is 0 Å². The minimum atomic E-state index is -1.04. The highest BCUT2D eigenvalue weighted by Gasteiger charge is 2.47. The number of rotatable bonds is 2. The van der Waals surface area contributed by atoms with Crippen LogP contribution in [0.5, 0.6) is 0 Å². The van der Waals surface area contributed by atoms with Crippen molar-refractivity contribution in [2.75, 3.05) is 6.54 Å². The number of nitrogens with zero attached hydrogens (tertiary/aromatic N) is 1. The normalized spacial score (nSPS) is 30.8. The number of urea groups is 1. The molecule has 0 spiro atoms. The van der Waals surface area contributed by atoms with Crippen LogP contribution in [0.4, 0.5) is 4.79 Å². The lowest BCUT2D eigenvalue weighted by atomic mass is 9.79. The number of carbonyl (C=O) groups excluding carboxylic acids is 1. The summed E-state index contributed by atoms with van der Waals surface area (Å²) in [5.41, 5.74) is -1.16. The van der Waals surface area contributed by atoms with E-state index < -0.39 is 11.5 Å². The van der Waals surface area contributed by atoms with Crippen LogP contribution in [0.25, 0.3) is 0 Å². The number of amides is 2. The standard InChI is InChI=1S/C12H20N2O3/c1-11(5-3-6-11)13-10(17)14-8-4-7-12(14,2)9(15)16/h3-8H2,1-2H3,(H,13,17)(H,15,16). The van der Waals surface area contributed by atoms with Crippen molar-refractivity contribution in [1.29, 1.82) is 0 Å². The Labute approximate surface area is 101 Å². The Morgan fingerprint density at radius 3 is 2.29 bits per heavy atom. The van der Waals surface area contributed by atoms with Gasteiger partial charge >= 0.3 is 12.0 Å². The lowest BCUT2D eigenvalue weighted by Crippen LogP contribution is -2.60. The first-order chi connectivity index (χ1) is 7.87. The first-order valence-corrected chi connectivity index (χ1v) is 6.21. The monoisotopic (exact) mass is 240 g/mol. The number of carboxylic acids is 1. The maximum absolute atomic E-state index is 12.1. The fraction of sp³-hybridized carbons (Fsp3) is 0.833. The molecule has 96 valence electrons. The molecule has 1 aliphatic heterocycles. The molecule has 1 atom stereocenters. The van der Waals surface area contributed by atoms with Crippen LogP contribution >= 0.6 is 0 Å². The zero-order valence-electron chi connectivity index (χ0n) is 10.5. The molecule has 2 rings (SSSR count). The lowest BCUT2D eigenvalue weighted by molar-refractivity contribution is -0.147. The molecular weight excluding hydrogens is 220 g/mol. The number of aliphatic carboxylic acids is 1. The minimum absolute atomic E-state index is 0.126. The number of carbonyl (C=O) groups is 2. The van der Waals surface area contributed by atoms with E-state index in [1.807, 2.05) is 6.92 Å². The highest BCUT2D eigenvalue weighted by Crippen LogP contribution is 2.33. The van der Waals surface area contributed by atoms with Crippen molar-refractivity contribution in [2.45, 2.75) is 57.0 Å². The van der Waals surface area contributed by atoms with E-state index >= 15 is 0 Å². The van der Waals surface area contributed by atoms with Gasteiger partial charge in [-0.2, -0.15) is 0 Å². The molecule has 2 fully saturated rings. The second kappa shape index (κ2) is 3.89. The summed E-state index contributed by atoms with van der Waals surface area (Å²) in [5, 5.41) is 12.2. The predicted molar refractivity (Wildman–Crippen MR) is 62.8 cm³/mol. The Kier molecular flexibility index (Phi) is 2.79. The van der Waals surface area contributed by atoms with E-state index in [4.69, 9.17) is 0 Å². The quantitative estimate of drug-likeness (QED) is 0.770. The number of nitrogens with one attached hydrogen (secondary N) is 1. The van der Waals surface area contributed by atoms with Crippen LogP contribution in [0, 0.1) is 0 Å². The fourth-order valence-electron chi connectivity index (χ4n) is 2.67. The Bertz CT molecular complexity index is 352. The minimum Gasteiger partial charge on any atom is -0.480 e. The van der Waals surface area contributed by atoms with Crippen LogP contribution < -0.4 is 5.32 Å². The Morgan fingerprint density at radius 2 is 1.82 bits per heavy atom. The van der Waals surface area contributed by atoms with E-state index in [-0.39, 0.29) is 11.6 Å². The van der Waals surface area contributed by atoms with Crippen molar-refractivity contribution >= 4 is 12.0 Å². The molecule has 0 radical (unpaired) electrons. The van der Waals surface area contributed by atoms with Crippen LogP contribution in [0.15, 0.2) is 0 Å². The third-order valence-corrected chi connectivity index (χ3v) is 4.21. The molecule has 1 heterocycles. The van der Waals surface area contributed by atoms with Crippen LogP contribution in [0.2, 0.25) is 0 Å². The second-order valence-corrected chi connectivity index (χ2v) is 5.68. The summed E-state index contributed by atoms with van der Waals surface area (Å²) >= 11 is 0. The largest absolute Gasteiger partial charge is 0.480 e. The van der Waals surface area contributed by atoms with Gasteiger partial charge in [-0.1, -0.05) is 0 Å². The van der Waals surface area contributed by atoms with E-state index in [0.29, 0.717) is 13.0 Å². The zero-order valence-corrected chi connectivity index (χ0v) is 10.5. The van der Waals surface area contributed by atoms with Gasteiger partial charge in [-0.3, -0.25) is 0 Å². The van der Waals surface area contributed by atoms with Gasteiger partial charge in [-0.15, -0.1) is 0 Å².